The number of aryl methyl sites for hydroxylation is 2. The van der Waals surface area contributed by atoms with Gasteiger partial charge in [0, 0.05) is 81.9 Å². The lowest BCUT2D eigenvalue weighted by molar-refractivity contribution is -0.745. The van der Waals surface area contributed by atoms with Gasteiger partial charge in [-0.2, -0.15) is 8.62 Å². The zero-order valence-electron chi connectivity index (χ0n) is 44.4. The molecule has 2 unspecified atom stereocenters. The highest BCUT2D eigenvalue weighted by atomic mass is 31.3. The zero-order chi connectivity index (χ0) is 57.5. The van der Waals surface area contributed by atoms with Gasteiger partial charge in [-0.05, 0) is 77.1 Å². The minimum Gasteiger partial charge on any atom is -0.440 e. The third-order valence-electron chi connectivity index (χ3n) is 14.0. The number of aliphatic hydroxyl groups is 1. The number of nitrogen functional groups attached to an aromatic ring is 1. The van der Waals surface area contributed by atoms with Crippen LogP contribution in [0.1, 0.15) is 84.4 Å². The molecule has 1 saturated heterocycles. The number of imidazole rings is 1. The predicted molar refractivity (Wildman–Crippen MR) is 285 cm³/mol. The van der Waals surface area contributed by atoms with Crippen LogP contribution in [0, 0.1) is 0 Å². The fourth-order valence-electron chi connectivity index (χ4n) is 10.3. The number of nitrogens with zero attached hydrogens (tertiary/aromatic N) is 6. The van der Waals surface area contributed by atoms with Gasteiger partial charge in [0.2, 0.25) is 23.0 Å². The Kier molecular flexibility index (Phi) is 17.3. The van der Waals surface area contributed by atoms with Crippen LogP contribution >= 0.6 is 23.5 Å². The Morgan fingerprint density at radius 2 is 1.70 bits per heavy atom. The number of carbonyl (C=O) groups is 3. The summed E-state index contributed by atoms with van der Waals surface area (Å²) in [6.07, 6.45) is -4.47. The fraction of sp³-hybridized carbons (Fsp3) is 0.449. The van der Waals surface area contributed by atoms with E-state index < -0.39 is 66.3 Å². The average Bonchev–Trinajstić information content (AvgIpc) is 4.03. The summed E-state index contributed by atoms with van der Waals surface area (Å²) < 4.78 is 64.1. The lowest BCUT2D eigenvalue weighted by Gasteiger charge is -2.36. The van der Waals surface area contributed by atoms with Gasteiger partial charge in [-0.25, -0.2) is 27.6 Å². The van der Waals surface area contributed by atoms with Crippen molar-refractivity contribution < 1.29 is 79.9 Å². The molecule has 10 N–H and O–H groups in total. The van der Waals surface area contributed by atoms with Crippen LogP contribution in [0.15, 0.2) is 65.7 Å². The number of fused-ring (bicyclic) bond motifs is 4. The van der Waals surface area contributed by atoms with Crippen molar-refractivity contribution in [1.82, 2.24) is 34.6 Å². The van der Waals surface area contributed by atoms with Crippen LogP contribution in [0.2, 0.25) is 0 Å². The van der Waals surface area contributed by atoms with Gasteiger partial charge in [-0.3, -0.25) is 28.5 Å². The van der Waals surface area contributed by atoms with Crippen LogP contribution in [-0.4, -0.2) is 141 Å². The summed E-state index contributed by atoms with van der Waals surface area (Å²) in [7, 11) is -10.2. The smallest absolute Gasteiger partial charge is 0.440 e. The number of hydrogen-bond acceptors (Lipinski definition) is 16. The topological polar surface area (TPSA) is 364 Å². The van der Waals surface area contributed by atoms with Crippen LogP contribution in [0.25, 0.3) is 16.7 Å². The normalized spacial score (nSPS) is 20.1. The molecule has 0 spiro atoms. The first-order valence-corrected chi connectivity index (χ1v) is 29.7. The third-order valence-corrected chi connectivity index (χ3v) is 17.8. The van der Waals surface area contributed by atoms with Crippen LogP contribution in [0.5, 0.6) is 0 Å². The largest absolute Gasteiger partial charge is 0.490 e. The van der Waals surface area contributed by atoms with E-state index in [1.54, 1.807) is 11.9 Å². The first kappa shape index (κ1) is 59.0. The number of anilines is 2. The standard InChI is InChI=1S/C49H63N10O17P3/c1-8-58-22-11-13-28-23-33-35(25-36(28)58)49(2,3)34-24-29(55(4)5)17-18-32(34)39(33)30-14-9-10-15-31(30)45(63)56(6)21-12-16-38(60)51-19-20-52-48(64)74-42-37(26-72-78(68,69)76-79(70,71)75-77(65,66)67)73-46(41(42)61)59-27-57(7)40-43(59)53-47(50)54-44(40)62/h9-10,14-15,17-18,23-25,27,37,41-42,46,61H,8,11-13,16,19-22,26H2,1-7H3,(H7-2,50,51,52,53,54,60,62,64,65,66,67,68,69,70,71)/p+2/t37-,41-,42-,46-/m1/s1. The maximum atomic E-state index is 14.5. The Labute approximate surface area is 452 Å². The number of ether oxygens (including phenoxy) is 2. The van der Waals surface area contributed by atoms with Crippen LogP contribution in [0.4, 0.5) is 16.4 Å². The molecule has 2 aliphatic heterocycles. The van der Waals surface area contributed by atoms with E-state index >= 15 is 0 Å². The molecule has 1 fully saturated rings. The zero-order valence-corrected chi connectivity index (χ0v) is 47.1. The summed E-state index contributed by atoms with van der Waals surface area (Å²) in [4.78, 5) is 101. The van der Waals surface area contributed by atoms with Crippen LogP contribution in [-0.2, 0) is 60.0 Å². The van der Waals surface area contributed by atoms with Crippen molar-refractivity contribution in [3.8, 4) is 0 Å². The van der Waals surface area contributed by atoms with Crippen molar-refractivity contribution in [2.24, 2.45) is 7.05 Å². The summed E-state index contributed by atoms with van der Waals surface area (Å²) in [6, 6.07) is 18.8. The lowest BCUT2D eigenvalue weighted by Crippen LogP contribution is -2.47. The van der Waals surface area contributed by atoms with Gasteiger partial charge in [0.25, 0.3) is 17.4 Å². The molecule has 5 aromatic rings. The molecular formula is C49H65N10O17P3+2. The number of aliphatic hydroxyl groups excluding tert-OH is 1. The number of rotatable bonds is 20. The third kappa shape index (κ3) is 12.9. The minimum absolute atomic E-state index is 0.0213. The van der Waals surface area contributed by atoms with E-state index in [0.717, 1.165) is 63.7 Å². The monoisotopic (exact) mass is 1160 g/mol. The Hall–Kier alpha value is -6.18. The molecule has 3 amide bonds. The van der Waals surface area contributed by atoms with Crippen molar-refractivity contribution >= 4 is 69.7 Å². The molecule has 3 aromatic carbocycles. The summed E-state index contributed by atoms with van der Waals surface area (Å²) >= 11 is 0. The molecule has 6 atom stereocenters. The average molecular weight is 1160 g/mol. The first-order chi connectivity index (χ1) is 37.1. The Balaban J connectivity index is 0.905. The number of phosphoric ester groups is 1. The van der Waals surface area contributed by atoms with Crippen molar-refractivity contribution in [1.29, 1.82) is 0 Å². The Bertz CT molecular complexity index is 3570. The van der Waals surface area contributed by atoms with Gasteiger partial charge >= 0.3 is 35.2 Å². The second-order valence-electron chi connectivity index (χ2n) is 20.1. The van der Waals surface area contributed by atoms with E-state index in [1.807, 2.05) is 38.4 Å². The molecule has 2 aromatic heterocycles. The van der Waals surface area contributed by atoms with Gasteiger partial charge in [0.1, 0.15) is 19.2 Å². The van der Waals surface area contributed by atoms with Crippen LogP contribution in [0.3, 0.4) is 0 Å². The highest BCUT2D eigenvalue weighted by Gasteiger charge is 2.52. The molecule has 4 heterocycles. The highest BCUT2D eigenvalue weighted by Crippen LogP contribution is 2.66. The van der Waals surface area contributed by atoms with E-state index in [4.69, 9.17) is 29.5 Å². The van der Waals surface area contributed by atoms with E-state index in [-0.39, 0.29) is 60.4 Å². The van der Waals surface area contributed by atoms with Gasteiger partial charge in [0.15, 0.2) is 18.5 Å². The molecular weight excluding hydrogens is 1090 g/mol. The molecule has 0 bridgehead atoms. The number of aromatic amines is 1. The number of phosphoric acid groups is 3. The molecule has 30 heteroatoms. The number of aromatic nitrogens is 4. The van der Waals surface area contributed by atoms with Gasteiger partial charge in [-0.15, -0.1) is 0 Å². The summed E-state index contributed by atoms with van der Waals surface area (Å²) in [5.74, 6) is -0.918. The molecule has 79 heavy (non-hydrogen) atoms. The Morgan fingerprint density at radius 3 is 2.41 bits per heavy atom. The second-order valence-corrected chi connectivity index (χ2v) is 24.5. The fourth-order valence-corrected chi connectivity index (χ4v) is 13.4. The number of amides is 3. The van der Waals surface area contributed by atoms with Crippen LogP contribution < -0.4 is 46.5 Å². The van der Waals surface area contributed by atoms with Crippen molar-refractivity contribution in [3.63, 3.8) is 0 Å². The highest BCUT2D eigenvalue weighted by molar-refractivity contribution is 7.66. The lowest BCUT2D eigenvalue weighted by atomic mass is 9.68. The van der Waals surface area contributed by atoms with E-state index in [1.165, 1.54) is 34.4 Å². The number of hydrogen-bond donors (Lipinski definition) is 9. The van der Waals surface area contributed by atoms with Gasteiger partial charge < -0.3 is 60.3 Å². The van der Waals surface area contributed by atoms with Crippen molar-refractivity contribution in [2.75, 3.05) is 71.1 Å². The SMILES string of the molecule is CC[N+]1=c2cc3c(cc2CCC1)=C(c1ccccc1C(=O)N(C)CCCC(=O)NCCNC(=O)O[C@H]1[C@@H](O)[C@H]([n+]2cn(C)c4c(=O)[nH]c(N)nc42)O[C@@H]1COP(=O)(O)OP(=O)(O)OP(=O)(O)O)c1ccc(N(C)C)cc1C3(C)C. The maximum Gasteiger partial charge on any atom is 0.490 e. The minimum atomic E-state index is -5.92. The number of H-pyrrole nitrogens is 1. The van der Waals surface area contributed by atoms with E-state index in [2.05, 4.69) is 89.8 Å². The molecule has 0 saturated carbocycles. The van der Waals surface area contributed by atoms with E-state index in [0.29, 0.717) is 12.0 Å². The summed E-state index contributed by atoms with van der Waals surface area (Å²) in [5, 5.41) is 18.9. The van der Waals surface area contributed by atoms with Crippen molar-refractivity contribution in [3.05, 3.63) is 115 Å². The number of nitrogens with two attached hydrogens (primary N) is 1. The second kappa shape index (κ2) is 23.1. The molecule has 3 aliphatic rings. The first-order valence-electron chi connectivity index (χ1n) is 25.2. The summed E-state index contributed by atoms with van der Waals surface area (Å²) in [5.41, 5.74) is 12.7. The molecule has 1 aliphatic carbocycles. The molecule has 8 rings (SSSR count). The number of carbonyl (C=O) groups excluding carboxylic acids is 3. The number of benzene rings is 3. The molecule has 27 nitrogen and oxygen atoms in total. The quantitative estimate of drug-likeness (QED) is 0.0297. The molecule has 0 radical (unpaired) electrons. The van der Waals surface area contributed by atoms with E-state index in [9.17, 15) is 47.8 Å². The maximum absolute atomic E-state index is 14.5. The number of nitrogens with one attached hydrogen (secondary N) is 3. The van der Waals surface area contributed by atoms with Gasteiger partial charge in [0.05, 0.1) is 13.7 Å². The summed E-state index contributed by atoms with van der Waals surface area (Å²) in [6.45, 7) is 7.40. The van der Waals surface area contributed by atoms with Crippen molar-refractivity contribution in [2.45, 2.75) is 76.4 Å². The number of alkyl carbamates (subject to hydrolysis) is 1. The molecule has 426 valence electrons. The Morgan fingerprint density at radius 1 is 0.975 bits per heavy atom. The predicted octanol–water partition coefficient (Wildman–Crippen LogP) is 0.906. The van der Waals surface area contributed by atoms with Gasteiger partial charge in [-0.1, -0.05) is 43.1 Å².